The van der Waals surface area contributed by atoms with Gasteiger partial charge in [-0.05, 0) is 24.4 Å². The molecule has 4 heteroatoms. The second-order valence-corrected chi connectivity index (χ2v) is 3.39. The van der Waals surface area contributed by atoms with Gasteiger partial charge in [0.25, 0.3) is 0 Å². The minimum absolute atomic E-state index is 0.360. The fourth-order valence-electron chi connectivity index (χ4n) is 0.917. The predicted molar refractivity (Wildman–Crippen MR) is 56.5 cm³/mol. The molecule has 0 unspecified atom stereocenters. The number of methoxy groups -OCH3 is 1. The first-order chi connectivity index (χ1) is 6.77. The van der Waals surface area contributed by atoms with E-state index in [4.69, 9.17) is 4.74 Å². The van der Waals surface area contributed by atoms with Crippen LogP contribution in [0.1, 0.15) is 11.8 Å². The first-order valence-corrected chi connectivity index (χ1v) is 5.12. The summed E-state index contributed by atoms with van der Waals surface area (Å²) in [6.45, 7) is 2.54. The summed E-state index contributed by atoms with van der Waals surface area (Å²) in [4.78, 5) is 11.8. The number of hydrogen-bond donors (Lipinski definition) is 0. The number of carbonyl (C=O) groups excluding carboxylic acids is 1. The molecular formula is C10H12O3S. The molecular weight excluding hydrogens is 200 g/mol. The predicted octanol–water partition coefficient (Wildman–Crippen LogP) is 2.33. The molecule has 14 heavy (non-hydrogen) atoms. The number of carbonyl (C=O) groups is 1. The molecule has 0 radical (unpaired) electrons. The smallest absolute Gasteiger partial charge is 0.330 e. The second-order valence-electron chi connectivity index (χ2n) is 2.44. The summed E-state index contributed by atoms with van der Waals surface area (Å²) >= 11 is 1.52. The summed E-state index contributed by atoms with van der Waals surface area (Å²) in [5, 5.41) is 1.92. The second kappa shape index (κ2) is 5.44. The van der Waals surface area contributed by atoms with E-state index in [9.17, 15) is 4.79 Å². The van der Waals surface area contributed by atoms with Crippen LogP contribution in [0.2, 0.25) is 0 Å². The highest BCUT2D eigenvalue weighted by molar-refractivity contribution is 7.11. The molecule has 0 fully saturated rings. The Hall–Kier alpha value is -1.29. The van der Waals surface area contributed by atoms with Crippen LogP contribution in [-0.2, 0) is 9.53 Å². The highest BCUT2D eigenvalue weighted by Gasteiger charge is 2.01. The standard InChI is InChI=1S/C10H12O3S/c1-3-13-8-6-7-14-9(8)4-5-10(11)12-2/h4-7H,3H2,1-2H3. The van der Waals surface area contributed by atoms with Crippen molar-refractivity contribution in [3.8, 4) is 5.75 Å². The number of thiophene rings is 1. The Morgan fingerprint density at radius 2 is 2.43 bits per heavy atom. The highest BCUT2D eigenvalue weighted by Crippen LogP contribution is 2.26. The van der Waals surface area contributed by atoms with Crippen molar-refractivity contribution in [2.45, 2.75) is 6.92 Å². The maximum absolute atomic E-state index is 10.8. The van der Waals surface area contributed by atoms with Gasteiger partial charge in [0.2, 0.25) is 0 Å². The van der Waals surface area contributed by atoms with E-state index in [2.05, 4.69) is 4.74 Å². The average Bonchev–Trinajstić information content (AvgIpc) is 2.62. The summed E-state index contributed by atoms with van der Waals surface area (Å²) < 4.78 is 9.84. The Balaban J connectivity index is 2.70. The molecule has 3 nitrogen and oxygen atoms in total. The van der Waals surface area contributed by atoms with E-state index in [1.165, 1.54) is 24.5 Å². The lowest BCUT2D eigenvalue weighted by Gasteiger charge is -1.99. The molecule has 76 valence electrons. The van der Waals surface area contributed by atoms with Crippen LogP contribution in [0.4, 0.5) is 0 Å². The van der Waals surface area contributed by atoms with E-state index < -0.39 is 0 Å². The lowest BCUT2D eigenvalue weighted by Crippen LogP contribution is -1.94. The molecule has 0 amide bonds. The lowest BCUT2D eigenvalue weighted by molar-refractivity contribution is -0.134. The van der Waals surface area contributed by atoms with Crippen LogP contribution in [0.3, 0.4) is 0 Å². The van der Waals surface area contributed by atoms with Gasteiger partial charge in [0.15, 0.2) is 0 Å². The number of rotatable bonds is 4. The van der Waals surface area contributed by atoms with Crippen molar-refractivity contribution in [1.82, 2.24) is 0 Å². The van der Waals surface area contributed by atoms with Gasteiger partial charge in [0.1, 0.15) is 5.75 Å². The molecule has 0 atom stereocenters. The molecule has 0 aromatic carbocycles. The minimum Gasteiger partial charge on any atom is -0.492 e. The third-order valence-electron chi connectivity index (χ3n) is 1.53. The van der Waals surface area contributed by atoms with Crippen molar-refractivity contribution in [2.75, 3.05) is 13.7 Å². The zero-order chi connectivity index (χ0) is 10.4. The van der Waals surface area contributed by atoms with Gasteiger partial charge in [0, 0.05) is 6.08 Å². The third kappa shape index (κ3) is 2.88. The van der Waals surface area contributed by atoms with Crippen LogP contribution < -0.4 is 4.74 Å². The van der Waals surface area contributed by atoms with Crippen LogP contribution in [-0.4, -0.2) is 19.7 Å². The van der Waals surface area contributed by atoms with Crippen molar-refractivity contribution in [1.29, 1.82) is 0 Å². The normalized spacial score (nSPS) is 10.4. The molecule has 1 aromatic heterocycles. The Labute approximate surface area is 87.0 Å². The molecule has 0 aliphatic carbocycles. The van der Waals surface area contributed by atoms with Gasteiger partial charge in [-0.25, -0.2) is 4.79 Å². The maximum atomic E-state index is 10.8. The van der Waals surface area contributed by atoms with E-state index in [1.54, 1.807) is 6.08 Å². The fourth-order valence-corrected chi connectivity index (χ4v) is 1.65. The third-order valence-corrected chi connectivity index (χ3v) is 2.39. The summed E-state index contributed by atoms with van der Waals surface area (Å²) in [5.74, 6) is 0.443. The number of hydrogen-bond acceptors (Lipinski definition) is 4. The van der Waals surface area contributed by atoms with Crippen LogP contribution in [0.15, 0.2) is 17.5 Å². The maximum Gasteiger partial charge on any atom is 0.330 e. The van der Waals surface area contributed by atoms with Crippen LogP contribution >= 0.6 is 11.3 Å². The summed E-state index contributed by atoms with van der Waals surface area (Å²) in [5.41, 5.74) is 0. The molecule has 0 N–H and O–H groups in total. The monoisotopic (exact) mass is 212 g/mol. The average molecular weight is 212 g/mol. The van der Waals surface area contributed by atoms with Gasteiger partial charge < -0.3 is 9.47 Å². The molecule has 1 aromatic rings. The van der Waals surface area contributed by atoms with Crippen molar-refractivity contribution in [2.24, 2.45) is 0 Å². The van der Waals surface area contributed by atoms with Gasteiger partial charge in [0.05, 0.1) is 18.6 Å². The molecule has 0 aliphatic rings. The number of ether oxygens (including phenoxy) is 2. The van der Waals surface area contributed by atoms with Gasteiger partial charge in [-0.2, -0.15) is 0 Å². The van der Waals surface area contributed by atoms with E-state index in [1.807, 2.05) is 18.4 Å². The zero-order valence-corrected chi connectivity index (χ0v) is 8.97. The Bertz CT molecular complexity index is 328. The van der Waals surface area contributed by atoms with Crippen molar-refractivity contribution in [3.05, 3.63) is 22.4 Å². The molecule has 1 rings (SSSR count). The lowest BCUT2D eigenvalue weighted by atomic mass is 10.4. The van der Waals surface area contributed by atoms with E-state index in [0.29, 0.717) is 6.61 Å². The summed E-state index contributed by atoms with van der Waals surface area (Å²) in [6.07, 6.45) is 3.08. The van der Waals surface area contributed by atoms with Gasteiger partial charge in [-0.1, -0.05) is 0 Å². The van der Waals surface area contributed by atoms with Crippen molar-refractivity contribution in [3.63, 3.8) is 0 Å². The van der Waals surface area contributed by atoms with Gasteiger partial charge in [-0.3, -0.25) is 0 Å². The Morgan fingerprint density at radius 3 is 3.07 bits per heavy atom. The van der Waals surface area contributed by atoms with Crippen LogP contribution in [0.5, 0.6) is 5.75 Å². The SMILES string of the molecule is CCOc1ccsc1C=CC(=O)OC. The number of esters is 1. The molecule has 0 spiro atoms. The summed E-state index contributed by atoms with van der Waals surface area (Å²) in [7, 11) is 1.35. The molecule has 0 saturated heterocycles. The van der Waals surface area contributed by atoms with Gasteiger partial charge in [-0.15, -0.1) is 11.3 Å². The first kappa shape index (κ1) is 10.8. The highest BCUT2D eigenvalue weighted by atomic mass is 32.1. The molecule has 1 heterocycles. The van der Waals surface area contributed by atoms with E-state index in [0.717, 1.165) is 10.6 Å². The van der Waals surface area contributed by atoms with E-state index >= 15 is 0 Å². The fraction of sp³-hybridized carbons (Fsp3) is 0.300. The molecule has 0 bridgehead atoms. The first-order valence-electron chi connectivity index (χ1n) is 4.24. The Morgan fingerprint density at radius 1 is 1.64 bits per heavy atom. The summed E-state index contributed by atoms with van der Waals surface area (Å²) in [6, 6.07) is 1.88. The Kier molecular flexibility index (Phi) is 4.19. The molecule has 0 aliphatic heterocycles. The quantitative estimate of drug-likeness (QED) is 0.567. The van der Waals surface area contributed by atoms with Crippen molar-refractivity contribution >= 4 is 23.4 Å². The largest absolute Gasteiger partial charge is 0.492 e. The van der Waals surface area contributed by atoms with Crippen LogP contribution in [0.25, 0.3) is 6.08 Å². The van der Waals surface area contributed by atoms with Gasteiger partial charge >= 0.3 is 5.97 Å². The minimum atomic E-state index is -0.360. The van der Waals surface area contributed by atoms with Crippen molar-refractivity contribution < 1.29 is 14.3 Å². The van der Waals surface area contributed by atoms with E-state index in [-0.39, 0.29) is 5.97 Å². The topological polar surface area (TPSA) is 35.5 Å². The zero-order valence-electron chi connectivity index (χ0n) is 8.15. The molecule has 0 saturated carbocycles. The van der Waals surface area contributed by atoms with Crippen LogP contribution in [0, 0.1) is 0 Å².